The average Bonchev–Trinajstić information content (AvgIpc) is 2.05. The Hall–Kier alpha value is 0.159. The molecular formula is C8H18FNO2Sn. The summed E-state index contributed by atoms with van der Waals surface area (Å²) in [6, 6.07) is 0. The Morgan fingerprint density at radius 1 is 1.31 bits per heavy atom. The molecule has 1 rings (SSSR count). The van der Waals surface area contributed by atoms with Gasteiger partial charge in [0.25, 0.3) is 0 Å². The molecule has 0 saturated heterocycles. The molecule has 0 bridgehead atoms. The van der Waals surface area contributed by atoms with E-state index in [1.807, 2.05) is 0 Å². The first kappa shape index (κ1) is 15.6. The number of halogens is 1. The van der Waals surface area contributed by atoms with Gasteiger partial charge in [-0.05, 0) is 38.1 Å². The molecule has 13 heavy (non-hydrogen) atoms. The minimum absolute atomic E-state index is 0. The van der Waals surface area contributed by atoms with Crippen LogP contribution in [0.3, 0.4) is 0 Å². The Bertz CT molecular complexity index is 149. The molecule has 1 fully saturated rings. The Labute approximate surface area is 94.4 Å². The molecule has 0 aromatic heterocycles. The summed E-state index contributed by atoms with van der Waals surface area (Å²) in [5, 5.41) is 8.67. The van der Waals surface area contributed by atoms with Crippen molar-refractivity contribution >= 4 is 29.9 Å². The molecule has 0 heterocycles. The predicted octanol–water partition coefficient (Wildman–Crippen LogP) is 0.0724. The molecule has 0 spiro atoms. The van der Waals surface area contributed by atoms with Gasteiger partial charge < -0.3 is 10.8 Å². The average molecular weight is 298 g/mol. The van der Waals surface area contributed by atoms with E-state index in [9.17, 15) is 4.79 Å². The maximum atomic E-state index is 10.5. The van der Waals surface area contributed by atoms with Gasteiger partial charge in [-0.1, -0.05) is 0 Å². The fourth-order valence-corrected chi connectivity index (χ4v) is 1.65. The second kappa shape index (κ2) is 7.55. The summed E-state index contributed by atoms with van der Waals surface area (Å²) in [6.45, 7) is 0.715. The molecule has 0 aliphatic heterocycles. The number of carboxylic acid groups (broad SMARTS) is 1. The molecule has 0 aromatic rings. The molecule has 1 saturated carbocycles. The van der Waals surface area contributed by atoms with Crippen molar-refractivity contribution in [1.82, 2.24) is 0 Å². The van der Waals surface area contributed by atoms with Crippen LogP contribution in [0.1, 0.15) is 25.7 Å². The zero-order chi connectivity index (χ0) is 8.27. The van der Waals surface area contributed by atoms with Crippen LogP contribution in [0, 0.1) is 11.8 Å². The summed E-state index contributed by atoms with van der Waals surface area (Å²) < 4.78 is 0. The third-order valence-corrected chi connectivity index (χ3v) is 2.53. The van der Waals surface area contributed by atoms with Crippen LogP contribution in [0.15, 0.2) is 0 Å². The standard InChI is InChI=1S/C8H15NO2.FH.Sn.2H/c9-5-6-1-3-7(4-2-6)8(10)11;;;;/h6-7H,1-5,9H2,(H,10,11);1H;;;/t6-,7-;;;;. The van der Waals surface area contributed by atoms with Crippen LogP contribution in [-0.4, -0.2) is 41.5 Å². The van der Waals surface area contributed by atoms with Crippen molar-refractivity contribution in [3.8, 4) is 0 Å². The van der Waals surface area contributed by atoms with Crippen molar-refractivity contribution in [3.05, 3.63) is 0 Å². The van der Waals surface area contributed by atoms with Crippen LogP contribution in [0.5, 0.6) is 0 Å². The maximum absolute atomic E-state index is 10.5. The van der Waals surface area contributed by atoms with E-state index in [1.165, 1.54) is 0 Å². The number of carbonyl (C=O) groups is 1. The number of nitrogens with two attached hydrogens (primary N) is 1. The minimum atomic E-state index is -0.638. The normalized spacial score (nSPS) is 26.8. The van der Waals surface area contributed by atoms with Crippen molar-refractivity contribution in [2.75, 3.05) is 6.54 Å². The number of carboxylic acids is 1. The number of aliphatic carboxylic acids is 1. The summed E-state index contributed by atoms with van der Waals surface area (Å²) in [4.78, 5) is 10.5. The van der Waals surface area contributed by atoms with E-state index in [2.05, 4.69) is 0 Å². The molecule has 0 amide bonds. The van der Waals surface area contributed by atoms with E-state index in [4.69, 9.17) is 10.8 Å². The summed E-state index contributed by atoms with van der Waals surface area (Å²) >= 11 is 0. The Morgan fingerprint density at radius 3 is 2.08 bits per heavy atom. The van der Waals surface area contributed by atoms with Gasteiger partial charge in [-0.2, -0.15) is 0 Å². The van der Waals surface area contributed by atoms with E-state index in [0.717, 1.165) is 25.7 Å². The number of hydrogen-bond donors (Lipinski definition) is 2. The van der Waals surface area contributed by atoms with Gasteiger partial charge in [0.05, 0.1) is 5.92 Å². The van der Waals surface area contributed by atoms with Gasteiger partial charge in [0.1, 0.15) is 0 Å². The molecule has 78 valence electrons. The van der Waals surface area contributed by atoms with Crippen molar-refractivity contribution in [2.45, 2.75) is 25.7 Å². The van der Waals surface area contributed by atoms with Gasteiger partial charge in [-0.3, -0.25) is 9.50 Å². The summed E-state index contributed by atoms with van der Waals surface area (Å²) in [5.41, 5.74) is 5.48. The summed E-state index contributed by atoms with van der Waals surface area (Å²) in [6.07, 6.45) is 3.62. The second-order valence-electron chi connectivity index (χ2n) is 3.29. The van der Waals surface area contributed by atoms with Crippen LogP contribution in [0.4, 0.5) is 4.70 Å². The van der Waals surface area contributed by atoms with Gasteiger partial charge in [-0.15, -0.1) is 0 Å². The van der Waals surface area contributed by atoms with E-state index in [1.54, 1.807) is 0 Å². The van der Waals surface area contributed by atoms with Crippen molar-refractivity contribution in [2.24, 2.45) is 17.6 Å². The van der Waals surface area contributed by atoms with Gasteiger partial charge in [0.15, 0.2) is 0 Å². The third kappa shape index (κ3) is 4.81. The van der Waals surface area contributed by atoms with Crippen molar-refractivity contribution < 1.29 is 14.6 Å². The van der Waals surface area contributed by atoms with E-state index < -0.39 is 5.97 Å². The molecule has 1 aliphatic rings. The first-order valence-corrected chi connectivity index (χ1v) is 4.17. The molecule has 3 N–H and O–H groups in total. The monoisotopic (exact) mass is 299 g/mol. The Morgan fingerprint density at radius 2 is 1.77 bits per heavy atom. The topological polar surface area (TPSA) is 63.3 Å². The molecule has 0 aromatic carbocycles. The first-order valence-electron chi connectivity index (χ1n) is 4.17. The summed E-state index contributed by atoms with van der Waals surface area (Å²) in [7, 11) is 0. The van der Waals surface area contributed by atoms with Gasteiger partial charge >= 0.3 is 29.9 Å². The van der Waals surface area contributed by atoms with Crippen LogP contribution >= 0.6 is 0 Å². The molecule has 2 radical (unpaired) electrons. The van der Waals surface area contributed by atoms with Crippen LogP contribution in [0.2, 0.25) is 0 Å². The number of rotatable bonds is 2. The van der Waals surface area contributed by atoms with Gasteiger partial charge in [-0.25, -0.2) is 0 Å². The summed E-state index contributed by atoms with van der Waals surface area (Å²) in [5.74, 6) is -0.163. The van der Waals surface area contributed by atoms with Crippen molar-refractivity contribution in [1.29, 1.82) is 0 Å². The van der Waals surface area contributed by atoms with E-state index in [-0.39, 0.29) is 34.5 Å². The fraction of sp³-hybridized carbons (Fsp3) is 0.875. The third-order valence-electron chi connectivity index (χ3n) is 2.53. The van der Waals surface area contributed by atoms with Crippen LogP contribution in [-0.2, 0) is 4.79 Å². The molecule has 0 atom stereocenters. The first-order chi connectivity index (χ1) is 5.24. The predicted molar refractivity (Wildman–Crippen MR) is 53.2 cm³/mol. The Balaban J connectivity index is 0. The zero-order valence-electron chi connectivity index (χ0n) is 7.74. The second-order valence-corrected chi connectivity index (χ2v) is 3.29. The Kier molecular flexibility index (Phi) is 9.08. The molecule has 5 heteroatoms. The molecular weight excluding hydrogens is 280 g/mol. The van der Waals surface area contributed by atoms with E-state index in [0.29, 0.717) is 12.5 Å². The van der Waals surface area contributed by atoms with Gasteiger partial charge in [0.2, 0.25) is 0 Å². The van der Waals surface area contributed by atoms with E-state index >= 15 is 0 Å². The number of hydrogen-bond acceptors (Lipinski definition) is 2. The molecule has 0 unspecified atom stereocenters. The SMILES string of the molecule is F.NC[C@H]1CC[C@H](C(=O)O)CC1.[SnH2]. The van der Waals surface area contributed by atoms with Crippen LogP contribution in [0.25, 0.3) is 0 Å². The van der Waals surface area contributed by atoms with Crippen LogP contribution < -0.4 is 5.73 Å². The quantitative estimate of drug-likeness (QED) is 0.709. The zero-order valence-corrected chi connectivity index (χ0v) is 11.8. The van der Waals surface area contributed by atoms with Gasteiger partial charge in [0, 0.05) is 0 Å². The molecule has 1 aliphatic carbocycles. The molecule has 3 nitrogen and oxygen atoms in total. The fourth-order valence-electron chi connectivity index (χ4n) is 1.65. The van der Waals surface area contributed by atoms with Crippen molar-refractivity contribution in [3.63, 3.8) is 0 Å².